The smallest absolute Gasteiger partial charge is 0.191 e. The van der Waals surface area contributed by atoms with E-state index in [4.69, 9.17) is 23.2 Å². The van der Waals surface area contributed by atoms with Gasteiger partial charge in [-0.05, 0) is 38.1 Å². The first-order valence-corrected chi connectivity index (χ1v) is 9.85. The van der Waals surface area contributed by atoms with Gasteiger partial charge >= 0.3 is 0 Å². The zero-order chi connectivity index (χ0) is 18.7. The van der Waals surface area contributed by atoms with Crippen LogP contribution < -0.4 is 0 Å². The lowest BCUT2D eigenvalue weighted by atomic mass is 10.1. The van der Waals surface area contributed by atoms with Crippen LogP contribution in [-0.2, 0) is 6.54 Å². The molecule has 0 aliphatic heterocycles. The number of hydrogen-bond acceptors (Lipinski definition) is 4. The average Bonchev–Trinajstić information content (AvgIpc) is 3.02. The molecule has 1 heterocycles. The standard InChI is InChI=1S/C19H17Cl2N3OS/c1-3-24-18(13-6-4-5-12(2)9-13)22-23-19(24)26-11-17(25)15-8-7-14(20)10-16(15)21/h4-10H,3,11H2,1-2H3. The lowest BCUT2D eigenvalue weighted by molar-refractivity contribution is 0.102. The van der Waals surface area contributed by atoms with Gasteiger partial charge in [-0.2, -0.15) is 0 Å². The van der Waals surface area contributed by atoms with Gasteiger partial charge in [0.05, 0.1) is 10.8 Å². The number of carbonyl (C=O) groups excluding carboxylic acids is 1. The van der Waals surface area contributed by atoms with Crippen molar-refractivity contribution in [3.05, 3.63) is 63.6 Å². The molecule has 0 atom stereocenters. The maximum atomic E-state index is 12.5. The number of benzene rings is 2. The van der Waals surface area contributed by atoms with Crippen LogP contribution in [-0.4, -0.2) is 26.3 Å². The molecule has 2 aromatic carbocycles. The number of aryl methyl sites for hydroxylation is 1. The third kappa shape index (κ3) is 4.11. The predicted molar refractivity (Wildman–Crippen MR) is 107 cm³/mol. The molecule has 7 heteroatoms. The molecule has 0 fully saturated rings. The highest BCUT2D eigenvalue weighted by molar-refractivity contribution is 7.99. The maximum absolute atomic E-state index is 12.5. The first-order valence-electron chi connectivity index (χ1n) is 8.11. The number of Topliss-reactive ketones (excluding diaryl/α,β-unsaturated/α-hetero) is 1. The molecule has 26 heavy (non-hydrogen) atoms. The Labute approximate surface area is 166 Å². The highest BCUT2D eigenvalue weighted by Crippen LogP contribution is 2.27. The van der Waals surface area contributed by atoms with Gasteiger partial charge in [-0.25, -0.2) is 0 Å². The van der Waals surface area contributed by atoms with Crippen molar-refractivity contribution in [1.82, 2.24) is 14.8 Å². The van der Waals surface area contributed by atoms with Gasteiger partial charge in [-0.15, -0.1) is 10.2 Å². The zero-order valence-electron chi connectivity index (χ0n) is 14.4. The molecule has 3 rings (SSSR count). The Hall–Kier alpha value is -1.82. The lowest BCUT2D eigenvalue weighted by Crippen LogP contribution is -2.06. The van der Waals surface area contributed by atoms with Crippen LogP contribution in [0.1, 0.15) is 22.8 Å². The number of ketones is 1. The molecule has 0 unspecified atom stereocenters. The first-order chi connectivity index (χ1) is 12.5. The summed E-state index contributed by atoms with van der Waals surface area (Å²) in [5.74, 6) is 0.961. The van der Waals surface area contributed by atoms with E-state index in [2.05, 4.69) is 16.3 Å². The highest BCUT2D eigenvalue weighted by atomic mass is 35.5. The summed E-state index contributed by atoms with van der Waals surface area (Å²) in [5, 5.41) is 10.2. The summed E-state index contributed by atoms with van der Waals surface area (Å²) >= 11 is 13.4. The van der Waals surface area contributed by atoms with Crippen LogP contribution >= 0.6 is 35.0 Å². The number of hydrogen-bond donors (Lipinski definition) is 0. The van der Waals surface area contributed by atoms with Crippen molar-refractivity contribution in [3.63, 3.8) is 0 Å². The molecular weight excluding hydrogens is 389 g/mol. The van der Waals surface area contributed by atoms with Crippen molar-refractivity contribution in [2.75, 3.05) is 5.75 Å². The second kappa shape index (κ2) is 8.25. The second-order valence-corrected chi connectivity index (χ2v) is 7.54. The topological polar surface area (TPSA) is 47.8 Å². The van der Waals surface area contributed by atoms with Gasteiger partial charge in [0, 0.05) is 22.7 Å². The van der Waals surface area contributed by atoms with Crippen LogP contribution in [0.25, 0.3) is 11.4 Å². The lowest BCUT2D eigenvalue weighted by Gasteiger charge is -2.08. The SMILES string of the molecule is CCn1c(SCC(=O)c2ccc(Cl)cc2Cl)nnc1-c1cccc(C)c1. The van der Waals surface area contributed by atoms with Crippen molar-refractivity contribution < 1.29 is 4.79 Å². The van der Waals surface area contributed by atoms with Crippen LogP contribution in [0.2, 0.25) is 10.0 Å². The third-order valence-corrected chi connectivity index (χ3v) is 5.39. The van der Waals surface area contributed by atoms with Gasteiger partial charge in [-0.3, -0.25) is 4.79 Å². The Morgan fingerprint density at radius 1 is 1.15 bits per heavy atom. The zero-order valence-corrected chi connectivity index (χ0v) is 16.7. The third-order valence-electron chi connectivity index (χ3n) is 3.87. The molecule has 0 N–H and O–H groups in total. The molecule has 0 saturated heterocycles. The Morgan fingerprint density at radius 2 is 1.96 bits per heavy atom. The minimum Gasteiger partial charge on any atom is -0.302 e. The number of carbonyl (C=O) groups is 1. The summed E-state index contributed by atoms with van der Waals surface area (Å²) in [6, 6.07) is 13.0. The van der Waals surface area contributed by atoms with Crippen LogP contribution in [0, 0.1) is 6.92 Å². The van der Waals surface area contributed by atoms with E-state index in [-0.39, 0.29) is 11.5 Å². The molecule has 0 saturated carbocycles. The molecule has 0 spiro atoms. The van der Waals surface area contributed by atoms with Crippen molar-refractivity contribution in [2.24, 2.45) is 0 Å². The van der Waals surface area contributed by atoms with Gasteiger partial charge in [0.1, 0.15) is 0 Å². The van der Waals surface area contributed by atoms with Gasteiger partial charge in [0.25, 0.3) is 0 Å². The monoisotopic (exact) mass is 405 g/mol. The fraction of sp³-hybridized carbons (Fsp3) is 0.211. The van der Waals surface area contributed by atoms with E-state index >= 15 is 0 Å². The average molecular weight is 406 g/mol. The molecule has 0 amide bonds. The van der Waals surface area contributed by atoms with Crippen molar-refractivity contribution >= 4 is 40.7 Å². The largest absolute Gasteiger partial charge is 0.302 e. The fourth-order valence-electron chi connectivity index (χ4n) is 2.60. The van der Waals surface area contributed by atoms with Gasteiger partial charge in [0.2, 0.25) is 0 Å². The van der Waals surface area contributed by atoms with E-state index in [9.17, 15) is 4.79 Å². The van der Waals surface area contributed by atoms with Crippen molar-refractivity contribution in [2.45, 2.75) is 25.5 Å². The van der Waals surface area contributed by atoms with E-state index in [0.29, 0.717) is 27.3 Å². The predicted octanol–water partition coefficient (Wildman–Crippen LogP) is 5.56. The van der Waals surface area contributed by atoms with Gasteiger partial charge in [0.15, 0.2) is 16.8 Å². The second-order valence-electron chi connectivity index (χ2n) is 5.76. The Bertz CT molecular complexity index is 956. The van der Waals surface area contributed by atoms with Crippen LogP contribution in [0.4, 0.5) is 0 Å². The van der Waals surface area contributed by atoms with Gasteiger partial charge < -0.3 is 4.57 Å². The molecule has 0 radical (unpaired) electrons. The number of nitrogens with zero attached hydrogens (tertiary/aromatic N) is 3. The van der Waals surface area contributed by atoms with Crippen LogP contribution in [0.3, 0.4) is 0 Å². The van der Waals surface area contributed by atoms with E-state index in [1.54, 1.807) is 18.2 Å². The number of halogens is 2. The molecule has 134 valence electrons. The Morgan fingerprint density at radius 3 is 2.65 bits per heavy atom. The number of rotatable bonds is 6. The summed E-state index contributed by atoms with van der Waals surface area (Å²) in [4.78, 5) is 12.5. The first kappa shape index (κ1) is 19.0. The summed E-state index contributed by atoms with van der Waals surface area (Å²) in [6.07, 6.45) is 0. The van der Waals surface area contributed by atoms with Crippen LogP contribution in [0.15, 0.2) is 47.6 Å². The fourth-order valence-corrected chi connectivity index (χ4v) is 4.00. The molecule has 4 nitrogen and oxygen atoms in total. The Balaban J connectivity index is 1.79. The molecule has 1 aromatic heterocycles. The number of aromatic nitrogens is 3. The minimum atomic E-state index is -0.0700. The van der Waals surface area contributed by atoms with E-state index < -0.39 is 0 Å². The summed E-state index contributed by atoms with van der Waals surface area (Å²) < 4.78 is 2.01. The highest BCUT2D eigenvalue weighted by Gasteiger charge is 2.16. The quantitative estimate of drug-likeness (QED) is 0.398. The summed E-state index contributed by atoms with van der Waals surface area (Å²) in [5.41, 5.74) is 2.64. The number of thioether (sulfide) groups is 1. The van der Waals surface area contributed by atoms with E-state index in [1.807, 2.05) is 36.6 Å². The van der Waals surface area contributed by atoms with Gasteiger partial charge in [-0.1, -0.05) is 58.7 Å². The maximum Gasteiger partial charge on any atom is 0.191 e. The molecule has 0 aliphatic carbocycles. The van der Waals surface area contributed by atoms with Crippen LogP contribution in [0.5, 0.6) is 0 Å². The molecule has 0 bridgehead atoms. The van der Waals surface area contributed by atoms with E-state index in [1.165, 1.54) is 11.8 Å². The summed E-state index contributed by atoms with van der Waals surface area (Å²) in [7, 11) is 0. The van der Waals surface area contributed by atoms with Crippen molar-refractivity contribution in [3.8, 4) is 11.4 Å². The minimum absolute atomic E-state index is 0.0700. The normalized spacial score (nSPS) is 10.9. The van der Waals surface area contributed by atoms with E-state index in [0.717, 1.165) is 17.0 Å². The molecule has 3 aromatic rings. The van der Waals surface area contributed by atoms with Crippen molar-refractivity contribution in [1.29, 1.82) is 0 Å². The summed E-state index contributed by atoms with van der Waals surface area (Å²) in [6.45, 7) is 4.79. The molecule has 0 aliphatic rings. The molecular formula is C19H17Cl2N3OS. The Kier molecular flexibility index (Phi) is 6.01.